The molecule has 0 aliphatic carbocycles. The van der Waals surface area contributed by atoms with Crippen molar-refractivity contribution in [1.82, 2.24) is 9.88 Å². The zero-order chi connectivity index (χ0) is 22.8. The van der Waals surface area contributed by atoms with Gasteiger partial charge in [-0.15, -0.1) is 23.7 Å². The molecule has 0 atom stereocenters. The van der Waals surface area contributed by atoms with Gasteiger partial charge in [-0.05, 0) is 63.3 Å². The van der Waals surface area contributed by atoms with Crippen molar-refractivity contribution in [2.24, 2.45) is 0 Å². The summed E-state index contributed by atoms with van der Waals surface area (Å²) < 4.78 is 1.92. The van der Waals surface area contributed by atoms with Crippen LogP contribution in [-0.2, 0) is 6.42 Å². The van der Waals surface area contributed by atoms with Crippen molar-refractivity contribution in [3.8, 4) is 0 Å². The lowest BCUT2D eigenvalue weighted by Crippen LogP contribution is -2.32. The largest absolute Gasteiger partial charge is 0.309 e. The van der Waals surface area contributed by atoms with Crippen molar-refractivity contribution in [3.05, 3.63) is 63.0 Å². The summed E-state index contributed by atoms with van der Waals surface area (Å²) in [6.45, 7) is 3.52. The van der Waals surface area contributed by atoms with Crippen molar-refractivity contribution in [2.75, 3.05) is 32.1 Å². The third kappa shape index (κ3) is 5.50. The Hall–Kier alpha value is -2.59. The average Bonchev–Trinajstić information content (AvgIpc) is 3.38. The maximum absolute atomic E-state index is 13.6. The highest BCUT2D eigenvalue weighted by Crippen LogP contribution is 2.34. The van der Waals surface area contributed by atoms with Crippen molar-refractivity contribution < 1.29 is 9.72 Å². The summed E-state index contributed by atoms with van der Waals surface area (Å²) in [5, 5.41) is 12.5. The second-order valence-electron chi connectivity index (χ2n) is 7.86. The molecule has 2 aromatic heterocycles. The molecule has 0 saturated carbocycles. The highest BCUT2D eigenvalue weighted by atomic mass is 35.5. The molecule has 0 unspecified atom stereocenters. The highest BCUT2D eigenvalue weighted by Gasteiger charge is 2.23. The number of rotatable bonds is 8. The highest BCUT2D eigenvalue weighted by molar-refractivity contribution is 7.23. The number of hydrogen-bond acceptors (Lipinski definition) is 7. The van der Waals surface area contributed by atoms with E-state index in [4.69, 9.17) is 4.98 Å². The number of thiazole rings is 1. The number of fused-ring (bicyclic) bond motifs is 2. The van der Waals surface area contributed by atoms with Crippen molar-refractivity contribution >= 4 is 72.1 Å². The summed E-state index contributed by atoms with van der Waals surface area (Å²) in [4.78, 5) is 33.4. The van der Waals surface area contributed by atoms with Gasteiger partial charge in [-0.25, -0.2) is 4.98 Å². The zero-order valence-electron chi connectivity index (χ0n) is 18.6. The Kier molecular flexibility index (Phi) is 8.01. The van der Waals surface area contributed by atoms with E-state index in [2.05, 4.69) is 24.0 Å². The van der Waals surface area contributed by atoms with Gasteiger partial charge in [0.2, 0.25) is 0 Å². The Labute approximate surface area is 206 Å². The Morgan fingerprint density at radius 3 is 2.55 bits per heavy atom. The fourth-order valence-electron chi connectivity index (χ4n) is 3.50. The van der Waals surface area contributed by atoms with E-state index in [0.29, 0.717) is 21.9 Å². The molecule has 0 aliphatic heterocycles. The first-order chi connectivity index (χ1) is 15.4. The zero-order valence-corrected chi connectivity index (χ0v) is 21.1. The monoisotopic (exact) mass is 504 g/mol. The van der Waals surface area contributed by atoms with E-state index in [1.165, 1.54) is 40.4 Å². The number of halogens is 1. The molecule has 174 valence electrons. The number of anilines is 1. The van der Waals surface area contributed by atoms with Gasteiger partial charge < -0.3 is 4.90 Å². The van der Waals surface area contributed by atoms with Gasteiger partial charge in [-0.2, -0.15) is 0 Å². The molecule has 0 bridgehead atoms. The molecule has 0 N–H and O–H groups in total. The fourth-order valence-corrected chi connectivity index (χ4v) is 5.55. The summed E-state index contributed by atoms with van der Waals surface area (Å²) in [7, 11) is 4.02. The summed E-state index contributed by atoms with van der Waals surface area (Å²) in [6.07, 6.45) is 1.76. The minimum atomic E-state index is -0.419. The first kappa shape index (κ1) is 25.0. The molecule has 10 heteroatoms. The van der Waals surface area contributed by atoms with Crippen LogP contribution < -0.4 is 4.90 Å². The van der Waals surface area contributed by atoms with Crippen LogP contribution in [0.3, 0.4) is 0 Å². The third-order valence-corrected chi connectivity index (χ3v) is 7.38. The quantitative estimate of drug-likeness (QED) is 0.217. The number of amides is 1. The maximum atomic E-state index is 13.6. The molecule has 33 heavy (non-hydrogen) atoms. The van der Waals surface area contributed by atoms with E-state index in [1.807, 2.05) is 20.2 Å². The topological polar surface area (TPSA) is 79.6 Å². The standard InChI is InChI=1S/C23H24N4O3S2.ClH/c1-4-15-6-8-18-20(12-15)32-23(24-18)26(11-5-10-25(2)3)22(28)21-14-16-13-17(27(29)30)7-9-19(16)31-21;/h6-9,12-14H,4-5,10-11H2,1-3H3;1H. The van der Waals surface area contributed by atoms with Gasteiger partial charge in [0.15, 0.2) is 5.13 Å². The van der Waals surface area contributed by atoms with Gasteiger partial charge in [-0.3, -0.25) is 19.8 Å². The number of benzene rings is 2. The lowest BCUT2D eigenvalue weighted by atomic mass is 10.2. The second kappa shape index (κ2) is 10.6. The number of non-ortho nitro benzene ring substituents is 1. The van der Waals surface area contributed by atoms with Crippen LogP contribution in [0.5, 0.6) is 0 Å². The van der Waals surface area contributed by atoms with Crippen LogP contribution in [0.4, 0.5) is 10.8 Å². The van der Waals surface area contributed by atoms with Crippen LogP contribution in [-0.4, -0.2) is 47.9 Å². The molecule has 1 amide bonds. The molecule has 7 nitrogen and oxygen atoms in total. The normalized spacial score (nSPS) is 11.2. The molecular formula is C23H25ClN4O3S2. The molecule has 0 aliphatic rings. The number of nitro benzene ring substituents is 1. The molecule has 0 radical (unpaired) electrons. The second-order valence-corrected chi connectivity index (χ2v) is 9.95. The van der Waals surface area contributed by atoms with Crippen molar-refractivity contribution in [2.45, 2.75) is 19.8 Å². The third-order valence-electron chi connectivity index (χ3n) is 5.23. The van der Waals surface area contributed by atoms with Crippen LogP contribution in [0.2, 0.25) is 0 Å². The lowest BCUT2D eigenvalue weighted by Gasteiger charge is -2.20. The summed E-state index contributed by atoms with van der Waals surface area (Å²) >= 11 is 2.88. The number of hydrogen-bond donors (Lipinski definition) is 0. The predicted molar refractivity (Wildman–Crippen MR) is 140 cm³/mol. The lowest BCUT2D eigenvalue weighted by molar-refractivity contribution is -0.384. The van der Waals surface area contributed by atoms with E-state index in [1.54, 1.807) is 17.0 Å². The number of aryl methyl sites for hydroxylation is 1. The molecule has 0 spiro atoms. The fraction of sp³-hybridized carbons (Fsp3) is 0.304. The first-order valence-corrected chi connectivity index (χ1v) is 12.0. The van der Waals surface area contributed by atoms with Gasteiger partial charge >= 0.3 is 0 Å². The maximum Gasteiger partial charge on any atom is 0.270 e. The minimum Gasteiger partial charge on any atom is -0.309 e. The summed E-state index contributed by atoms with van der Waals surface area (Å²) in [5.74, 6) is -0.123. The van der Waals surface area contributed by atoms with Crippen LogP contribution in [0.15, 0.2) is 42.5 Å². The number of carbonyl (C=O) groups excluding carboxylic acids is 1. The van der Waals surface area contributed by atoms with Crippen LogP contribution in [0.1, 0.15) is 28.6 Å². The Morgan fingerprint density at radius 1 is 1.06 bits per heavy atom. The van der Waals surface area contributed by atoms with Gasteiger partial charge in [0.05, 0.1) is 20.0 Å². The van der Waals surface area contributed by atoms with Gasteiger partial charge in [-0.1, -0.05) is 24.3 Å². The number of aromatic nitrogens is 1. The Balaban J connectivity index is 0.00000306. The van der Waals surface area contributed by atoms with E-state index in [0.717, 1.165) is 34.3 Å². The number of thiophene rings is 1. The van der Waals surface area contributed by atoms with E-state index in [-0.39, 0.29) is 24.0 Å². The Bertz CT molecular complexity index is 1300. The summed E-state index contributed by atoms with van der Waals surface area (Å²) in [5.41, 5.74) is 2.15. The number of nitro groups is 1. The van der Waals surface area contributed by atoms with Gasteiger partial charge in [0, 0.05) is 28.8 Å². The SMILES string of the molecule is CCc1ccc2nc(N(CCCN(C)C)C(=O)c3cc4cc([N+](=O)[O-])ccc4s3)sc2c1.Cl. The van der Waals surface area contributed by atoms with Crippen molar-refractivity contribution in [3.63, 3.8) is 0 Å². The van der Waals surface area contributed by atoms with E-state index in [9.17, 15) is 14.9 Å². The number of carbonyl (C=O) groups is 1. The molecule has 2 aromatic carbocycles. The molecule has 0 saturated heterocycles. The van der Waals surface area contributed by atoms with E-state index >= 15 is 0 Å². The van der Waals surface area contributed by atoms with Crippen LogP contribution in [0.25, 0.3) is 20.3 Å². The first-order valence-electron chi connectivity index (χ1n) is 10.4. The van der Waals surface area contributed by atoms with Crippen molar-refractivity contribution in [1.29, 1.82) is 0 Å². The van der Waals surface area contributed by atoms with Crippen LogP contribution in [0, 0.1) is 10.1 Å². The molecule has 4 aromatic rings. The molecule has 4 rings (SSSR count). The molecular weight excluding hydrogens is 480 g/mol. The van der Waals surface area contributed by atoms with E-state index < -0.39 is 4.92 Å². The Morgan fingerprint density at radius 2 is 1.85 bits per heavy atom. The van der Waals surface area contributed by atoms with Crippen LogP contribution >= 0.6 is 35.1 Å². The predicted octanol–water partition coefficient (Wildman–Crippen LogP) is 6.00. The molecule has 2 heterocycles. The van der Waals surface area contributed by atoms with Gasteiger partial charge in [0.25, 0.3) is 11.6 Å². The molecule has 0 fully saturated rings. The average molecular weight is 505 g/mol. The summed E-state index contributed by atoms with van der Waals surface area (Å²) in [6, 6.07) is 12.7. The number of nitrogens with zero attached hydrogens (tertiary/aromatic N) is 4. The smallest absolute Gasteiger partial charge is 0.270 e. The van der Waals surface area contributed by atoms with Gasteiger partial charge in [0.1, 0.15) is 0 Å². The minimum absolute atomic E-state index is 0.